The Morgan fingerprint density at radius 3 is 1.54 bits per heavy atom. The monoisotopic (exact) mass is 889 g/mol. The molecule has 0 unspecified atom stereocenters. The molecule has 0 saturated carbocycles. The number of imidazole rings is 1. The smallest absolute Gasteiger partial charge is 0.337 e. The van der Waals surface area contributed by atoms with E-state index < -0.39 is 5.41 Å². The van der Waals surface area contributed by atoms with Gasteiger partial charge in [-0.25, -0.2) is 9.98 Å². The van der Waals surface area contributed by atoms with E-state index in [4.69, 9.17) is 9.98 Å². The highest BCUT2D eigenvalue weighted by atomic mass is 15.0. The van der Waals surface area contributed by atoms with Crippen molar-refractivity contribution in [2.75, 3.05) is 0 Å². The van der Waals surface area contributed by atoms with Crippen molar-refractivity contribution in [1.82, 2.24) is 9.97 Å². The van der Waals surface area contributed by atoms with Crippen molar-refractivity contribution in [2.45, 2.75) is 12.0 Å². The third kappa shape index (κ3) is 7.14. The number of H-pyrrole nitrogens is 1. The van der Waals surface area contributed by atoms with Gasteiger partial charge in [-0.1, -0.05) is 97.1 Å². The minimum absolute atomic E-state index is 0.506. The number of fused-ring (bicyclic) bond motifs is 5. The molecule has 324 valence electrons. The summed E-state index contributed by atoms with van der Waals surface area (Å²) in [4.78, 5) is 16.2. The molecule has 8 nitrogen and oxygen atoms in total. The van der Waals surface area contributed by atoms with Crippen LogP contribution >= 0.6 is 0 Å². The van der Waals surface area contributed by atoms with Gasteiger partial charge in [-0.15, -0.1) is 0 Å². The van der Waals surface area contributed by atoms with Crippen molar-refractivity contribution in [1.29, 1.82) is 0 Å². The van der Waals surface area contributed by atoms with Crippen molar-refractivity contribution < 1.29 is 23.3 Å². The number of hydrogen-bond donors (Lipinski definition) is 2. The molecule has 69 heavy (non-hydrogen) atoms. The van der Waals surface area contributed by atoms with Crippen LogP contribution in [0.1, 0.15) is 28.1 Å². The number of para-hydroxylation sites is 4. The lowest BCUT2D eigenvalue weighted by molar-refractivity contribution is -0.689. The van der Waals surface area contributed by atoms with E-state index in [1.54, 1.807) is 0 Å². The predicted molar refractivity (Wildman–Crippen MR) is 265 cm³/mol. The second kappa shape index (κ2) is 16.6. The maximum Gasteiger partial charge on any atom is 0.387 e. The lowest BCUT2D eigenvalue weighted by Gasteiger charge is -2.33. The first-order chi connectivity index (χ1) is 34.1. The number of hydrogen-bond acceptors (Lipinski definition) is 2. The maximum atomic E-state index is 4.75. The highest BCUT2D eigenvalue weighted by Gasteiger charge is 2.46. The second-order valence-electron chi connectivity index (χ2n) is 17.7. The third-order valence-electron chi connectivity index (χ3n) is 13.7. The van der Waals surface area contributed by atoms with E-state index in [1.807, 2.05) is 53.2 Å². The van der Waals surface area contributed by atoms with E-state index in [0.717, 1.165) is 67.0 Å². The molecule has 11 aromatic rings. The lowest BCUT2D eigenvalue weighted by Crippen LogP contribution is -2.74. The first-order valence-electron chi connectivity index (χ1n) is 23.3. The lowest BCUT2D eigenvalue weighted by atomic mass is 9.67. The van der Waals surface area contributed by atoms with Crippen molar-refractivity contribution in [2.24, 2.45) is 4.99 Å². The van der Waals surface area contributed by atoms with E-state index in [2.05, 4.69) is 225 Å². The van der Waals surface area contributed by atoms with E-state index >= 15 is 0 Å². The van der Waals surface area contributed by atoms with Gasteiger partial charge in [0.15, 0.2) is 60.8 Å². The molecule has 0 atom stereocenters. The molecule has 0 saturated heterocycles. The van der Waals surface area contributed by atoms with Crippen LogP contribution in [-0.4, -0.2) is 9.97 Å². The largest absolute Gasteiger partial charge is 0.387 e. The quantitative estimate of drug-likeness (QED) is 0.148. The molecule has 13 rings (SSSR count). The van der Waals surface area contributed by atoms with Crippen molar-refractivity contribution in [3.63, 3.8) is 0 Å². The van der Waals surface area contributed by atoms with Crippen LogP contribution < -0.4 is 34.0 Å². The molecule has 0 amide bonds. The van der Waals surface area contributed by atoms with Gasteiger partial charge in [-0.2, -0.15) is 18.3 Å². The highest BCUT2D eigenvalue weighted by Crippen LogP contribution is 2.56. The zero-order valence-corrected chi connectivity index (χ0v) is 37.6. The Labute approximate surface area is 398 Å². The number of nitrogens with zero attached hydrogens (tertiary/aromatic N) is 6. The molecule has 1 aliphatic carbocycles. The first kappa shape index (κ1) is 40.0. The summed E-state index contributed by atoms with van der Waals surface area (Å²) in [5, 5.41) is 1.99. The van der Waals surface area contributed by atoms with Crippen LogP contribution in [0.5, 0.6) is 0 Å². The number of pyridine rings is 4. The number of benzene rings is 6. The Bertz CT molecular complexity index is 3760. The molecule has 0 fully saturated rings. The molecule has 0 spiro atoms. The standard InChI is InChI=1S/C61H43N8/c1-3-11-53-51(9-1)52-10-2-4-12-54(52)61(53,47-17-21-49(22-18-47)68-37-29-45(30-38-68)43-25-33-66(34-26-43)41-59-62-55-13-5-6-14-56(55)63-59)48-19-23-50(24-20-48)69-39-31-46(32-40-69)44-27-35-67(36-28-44)42-60-64-57-15-7-8-16-58(57)65-60/h1-41H,42H2/q+3/p+2. The summed E-state index contributed by atoms with van der Waals surface area (Å²) < 4.78 is 8.55. The van der Waals surface area contributed by atoms with Gasteiger partial charge in [0.25, 0.3) is 6.20 Å². The molecular weight excluding hydrogens is 845 g/mol. The molecule has 0 radical (unpaired) electrons. The molecular formula is C61H45N8+5. The van der Waals surface area contributed by atoms with Crippen molar-refractivity contribution in [3.8, 4) is 44.8 Å². The van der Waals surface area contributed by atoms with E-state index in [0.29, 0.717) is 6.54 Å². The summed E-state index contributed by atoms with van der Waals surface area (Å²) in [6.45, 7) is 0.681. The van der Waals surface area contributed by atoms with Crippen LogP contribution in [0.3, 0.4) is 0 Å². The van der Waals surface area contributed by atoms with E-state index in [1.165, 1.54) is 33.4 Å². The molecule has 2 N–H and O–H groups in total. The van der Waals surface area contributed by atoms with Crippen molar-refractivity contribution >= 4 is 17.2 Å². The Morgan fingerprint density at radius 2 is 0.971 bits per heavy atom. The summed E-state index contributed by atoms with van der Waals surface area (Å²) >= 11 is 0. The van der Waals surface area contributed by atoms with Crippen LogP contribution in [0, 0.1) is 0 Å². The highest BCUT2D eigenvalue weighted by molar-refractivity contribution is 5.86. The Balaban J connectivity index is 0.765. The topological polar surface area (TPSA) is 70.5 Å². The summed E-state index contributed by atoms with van der Waals surface area (Å²) in [5.41, 5.74) is 15.9. The average Bonchev–Trinajstić information content (AvgIpc) is 4.11. The fourth-order valence-corrected chi connectivity index (χ4v) is 10.3. The Hall–Kier alpha value is -9.27. The summed E-state index contributed by atoms with van der Waals surface area (Å²) in [7, 11) is 0. The summed E-state index contributed by atoms with van der Waals surface area (Å²) in [6.07, 6.45) is 18.9. The van der Waals surface area contributed by atoms with Gasteiger partial charge in [-0.3, -0.25) is 0 Å². The van der Waals surface area contributed by atoms with Crippen LogP contribution in [0.4, 0.5) is 0 Å². The van der Waals surface area contributed by atoms with Gasteiger partial charge >= 0.3 is 5.82 Å². The fraction of sp³-hybridized carbons (Fsp3) is 0.0328. The number of nitrogens with one attached hydrogen (secondary N) is 2. The van der Waals surface area contributed by atoms with Crippen LogP contribution in [0.25, 0.3) is 62.0 Å². The molecule has 8 heteroatoms. The predicted octanol–water partition coefficient (Wildman–Crippen LogP) is 7.23. The van der Waals surface area contributed by atoms with Crippen LogP contribution in [0.15, 0.2) is 255 Å². The van der Waals surface area contributed by atoms with Crippen molar-refractivity contribution in [3.05, 3.63) is 288 Å². The second-order valence-corrected chi connectivity index (χ2v) is 17.7. The van der Waals surface area contributed by atoms with Gasteiger partial charge < -0.3 is 4.98 Å². The Morgan fingerprint density at radius 1 is 0.478 bits per heavy atom. The molecule has 5 aromatic heterocycles. The molecule has 6 aromatic carbocycles. The van der Waals surface area contributed by atoms with Gasteiger partial charge in [0, 0.05) is 72.8 Å². The molecule has 6 heterocycles. The van der Waals surface area contributed by atoms with Gasteiger partial charge in [-0.05, 0) is 84.9 Å². The van der Waals surface area contributed by atoms with E-state index in [9.17, 15) is 0 Å². The zero-order chi connectivity index (χ0) is 45.7. The summed E-state index contributed by atoms with van der Waals surface area (Å²) in [5.74, 6) is 1.76. The van der Waals surface area contributed by atoms with Gasteiger partial charge in [0.05, 0.1) is 16.4 Å². The normalized spacial score (nSPS) is 13.7. The van der Waals surface area contributed by atoms with Crippen LogP contribution in [-0.2, 0) is 12.0 Å². The summed E-state index contributed by atoms with van der Waals surface area (Å²) in [6, 6.07) is 69.6. The first-order valence-corrected chi connectivity index (χ1v) is 23.3. The third-order valence-corrected chi connectivity index (χ3v) is 13.7. The molecule has 1 aliphatic heterocycles. The fourth-order valence-electron chi connectivity index (χ4n) is 10.3. The zero-order valence-electron chi connectivity index (χ0n) is 37.6. The maximum absolute atomic E-state index is 4.75. The number of aromatic nitrogens is 6. The number of aromatic amines is 1. The van der Waals surface area contributed by atoms with Crippen LogP contribution in [0.2, 0.25) is 0 Å². The van der Waals surface area contributed by atoms with E-state index in [-0.39, 0.29) is 0 Å². The molecule has 2 aliphatic rings. The molecule has 0 bridgehead atoms. The van der Waals surface area contributed by atoms with Gasteiger partial charge in [0.2, 0.25) is 23.3 Å². The number of rotatable bonds is 9. The average molecular weight is 890 g/mol. The minimum Gasteiger partial charge on any atom is -0.337 e. The minimum atomic E-state index is -0.506. The SMILES string of the molecule is C(=C1\N=c2ccccc2=[NH+]1)/[n+]1ccc(-c2cc[n+](-c3ccc(C4(c5ccc(-[n+]6ccc(-c7cc[n+](Cc8nc9ccccc9[nH]8)cc7)cc6)cc5)c5ccccc5-c5ccccc54)cc3)cc2)cc1. The Kier molecular flexibility index (Phi) is 9.61. The van der Waals surface area contributed by atoms with Gasteiger partial charge in [0.1, 0.15) is 0 Å².